The van der Waals surface area contributed by atoms with Crippen LogP contribution in [0.15, 0.2) is 24.3 Å². The Hall–Kier alpha value is -1.03. The maximum absolute atomic E-state index is 12.8. The second kappa shape index (κ2) is 13.2. The number of hydrogen-bond donors (Lipinski definition) is 0. The number of aryl methyl sites for hydroxylation is 1. The summed E-state index contributed by atoms with van der Waals surface area (Å²) in [5.74, 6) is 0.463. The van der Waals surface area contributed by atoms with E-state index in [9.17, 15) is 8.42 Å². The molecule has 0 radical (unpaired) electrons. The number of hydrogen-bond acceptors (Lipinski definition) is 3. The summed E-state index contributed by atoms with van der Waals surface area (Å²) in [7, 11) is -3.57. The zero-order valence-electron chi connectivity index (χ0n) is 17.0. The van der Waals surface area contributed by atoms with E-state index in [0.29, 0.717) is 18.6 Å². The molecular weight excluding hydrogens is 344 g/mol. The lowest BCUT2D eigenvalue weighted by atomic mass is 10.0. The highest BCUT2D eigenvalue weighted by atomic mass is 32.2. The van der Waals surface area contributed by atoms with Gasteiger partial charge in [0.2, 0.25) is 0 Å². The Labute approximate surface area is 161 Å². The van der Waals surface area contributed by atoms with Crippen molar-refractivity contribution in [1.29, 1.82) is 0 Å². The molecule has 0 amide bonds. The van der Waals surface area contributed by atoms with Crippen molar-refractivity contribution in [3.8, 4) is 5.75 Å². The van der Waals surface area contributed by atoms with Gasteiger partial charge in [0, 0.05) is 0 Å². The van der Waals surface area contributed by atoms with E-state index < -0.39 is 10.1 Å². The topological polar surface area (TPSA) is 43.4 Å². The van der Waals surface area contributed by atoms with Crippen LogP contribution in [0.3, 0.4) is 0 Å². The molecule has 0 spiro atoms. The minimum Gasteiger partial charge on any atom is -0.382 e. The monoisotopic (exact) mass is 382 g/mol. The smallest absolute Gasteiger partial charge is 0.312 e. The number of unbranched alkanes of at least 4 members (excludes halogenated alkanes) is 8. The first-order valence-electron chi connectivity index (χ1n) is 10.5. The van der Waals surface area contributed by atoms with Gasteiger partial charge in [-0.2, -0.15) is 8.42 Å². The Kier molecular flexibility index (Phi) is 11.7. The van der Waals surface area contributed by atoms with Crippen LogP contribution >= 0.6 is 0 Å². The lowest BCUT2D eigenvalue weighted by molar-refractivity contribution is 0.448. The van der Waals surface area contributed by atoms with Crippen LogP contribution in [0.5, 0.6) is 5.75 Å². The van der Waals surface area contributed by atoms with Crippen molar-refractivity contribution in [2.75, 3.05) is 0 Å². The van der Waals surface area contributed by atoms with E-state index in [1.54, 1.807) is 6.07 Å². The van der Waals surface area contributed by atoms with Crippen LogP contribution in [-0.2, 0) is 10.1 Å². The Morgan fingerprint density at radius 1 is 0.808 bits per heavy atom. The molecule has 0 aliphatic heterocycles. The predicted octanol–water partition coefficient (Wildman–Crippen LogP) is 6.79. The molecule has 0 saturated carbocycles. The van der Waals surface area contributed by atoms with E-state index >= 15 is 0 Å². The number of para-hydroxylation sites is 1. The van der Waals surface area contributed by atoms with E-state index in [-0.39, 0.29) is 5.25 Å². The molecule has 1 aromatic rings. The molecule has 0 aliphatic carbocycles. The first-order valence-corrected chi connectivity index (χ1v) is 12.0. The molecule has 0 heterocycles. The molecular formula is C22H38O3S. The van der Waals surface area contributed by atoms with Crippen molar-refractivity contribution < 1.29 is 12.6 Å². The molecule has 4 heteroatoms. The quantitative estimate of drug-likeness (QED) is 0.248. The van der Waals surface area contributed by atoms with Gasteiger partial charge in [-0.3, -0.25) is 0 Å². The van der Waals surface area contributed by atoms with Gasteiger partial charge in [0.05, 0.1) is 5.25 Å². The highest BCUT2D eigenvalue weighted by Crippen LogP contribution is 2.25. The van der Waals surface area contributed by atoms with Crippen LogP contribution in [0.25, 0.3) is 0 Å². The lowest BCUT2D eigenvalue weighted by Crippen LogP contribution is -2.26. The van der Waals surface area contributed by atoms with E-state index in [1.807, 2.05) is 25.1 Å². The van der Waals surface area contributed by atoms with Crippen molar-refractivity contribution in [3.63, 3.8) is 0 Å². The minimum atomic E-state index is -3.57. The summed E-state index contributed by atoms with van der Waals surface area (Å²) in [5.41, 5.74) is 0.859. The van der Waals surface area contributed by atoms with Gasteiger partial charge < -0.3 is 4.18 Å². The van der Waals surface area contributed by atoms with Gasteiger partial charge in [0.1, 0.15) is 5.75 Å². The van der Waals surface area contributed by atoms with Crippen molar-refractivity contribution >= 4 is 10.1 Å². The van der Waals surface area contributed by atoms with Crippen LogP contribution in [0, 0.1) is 6.92 Å². The standard InChI is InChI=1S/C22H38O3S/c1-4-6-8-9-10-11-12-13-18-21(17-7-5-2)26(23,24)25-22-19-15-14-16-20(22)3/h14-16,19,21H,4-13,17-18H2,1-3H3. The van der Waals surface area contributed by atoms with Crippen molar-refractivity contribution in [3.05, 3.63) is 29.8 Å². The van der Waals surface area contributed by atoms with Gasteiger partial charge in [-0.25, -0.2) is 0 Å². The first kappa shape index (κ1) is 23.0. The molecule has 0 saturated heterocycles. The van der Waals surface area contributed by atoms with E-state index in [0.717, 1.165) is 31.2 Å². The third-order valence-electron chi connectivity index (χ3n) is 4.97. The highest BCUT2D eigenvalue weighted by Gasteiger charge is 2.27. The Morgan fingerprint density at radius 3 is 1.96 bits per heavy atom. The maximum Gasteiger partial charge on any atom is 0.312 e. The summed E-state index contributed by atoms with van der Waals surface area (Å²) in [6.07, 6.45) is 13.2. The summed E-state index contributed by atoms with van der Waals surface area (Å²) in [6.45, 7) is 6.21. The molecule has 1 aromatic carbocycles. The summed E-state index contributed by atoms with van der Waals surface area (Å²) in [5, 5.41) is -0.387. The van der Waals surface area contributed by atoms with Crippen LogP contribution in [0.4, 0.5) is 0 Å². The molecule has 1 rings (SSSR count). The molecule has 3 nitrogen and oxygen atoms in total. The van der Waals surface area contributed by atoms with Gasteiger partial charge >= 0.3 is 10.1 Å². The van der Waals surface area contributed by atoms with Crippen LogP contribution in [0.2, 0.25) is 0 Å². The first-order chi connectivity index (χ1) is 12.5. The van der Waals surface area contributed by atoms with Crippen LogP contribution in [0.1, 0.15) is 96.5 Å². The molecule has 150 valence electrons. The van der Waals surface area contributed by atoms with E-state index in [1.165, 1.54) is 38.5 Å². The Morgan fingerprint density at radius 2 is 1.35 bits per heavy atom. The Balaban J connectivity index is 2.49. The number of benzene rings is 1. The van der Waals surface area contributed by atoms with E-state index in [2.05, 4.69) is 13.8 Å². The molecule has 0 fully saturated rings. The molecule has 0 N–H and O–H groups in total. The van der Waals surface area contributed by atoms with Gasteiger partial charge in [-0.15, -0.1) is 0 Å². The zero-order valence-corrected chi connectivity index (χ0v) is 17.8. The predicted molar refractivity (Wildman–Crippen MR) is 111 cm³/mol. The second-order valence-electron chi connectivity index (χ2n) is 7.37. The average Bonchev–Trinajstić information content (AvgIpc) is 2.61. The average molecular weight is 383 g/mol. The minimum absolute atomic E-state index is 0.387. The lowest BCUT2D eigenvalue weighted by Gasteiger charge is -2.18. The van der Waals surface area contributed by atoms with E-state index in [4.69, 9.17) is 4.18 Å². The fraction of sp³-hybridized carbons (Fsp3) is 0.727. The van der Waals surface area contributed by atoms with Gasteiger partial charge in [-0.1, -0.05) is 96.3 Å². The highest BCUT2D eigenvalue weighted by molar-refractivity contribution is 7.87. The number of rotatable bonds is 15. The fourth-order valence-electron chi connectivity index (χ4n) is 3.21. The van der Waals surface area contributed by atoms with Crippen molar-refractivity contribution in [1.82, 2.24) is 0 Å². The summed E-state index contributed by atoms with van der Waals surface area (Å²) < 4.78 is 31.0. The third-order valence-corrected chi connectivity index (χ3v) is 6.67. The normalized spacial score (nSPS) is 12.9. The summed E-state index contributed by atoms with van der Waals surface area (Å²) in [6, 6.07) is 7.33. The molecule has 0 aromatic heterocycles. The summed E-state index contributed by atoms with van der Waals surface area (Å²) in [4.78, 5) is 0. The van der Waals surface area contributed by atoms with Crippen molar-refractivity contribution in [2.45, 2.75) is 103 Å². The third kappa shape index (κ3) is 9.07. The van der Waals surface area contributed by atoms with Gasteiger partial charge in [-0.05, 0) is 31.4 Å². The van der Waals surface area contributed by atoms with Gasteiger partial charge in [0.25, 0.3) is 0 Å². The van der Waals surface area contributed by atoms with Crippen LogP contribution < -0.4 is 4.18 Å². The van der Waals surface area contributed by atoms with Gasteiger partial charge in [0.15, 0.2) is 0 Å². The molecule has 0 bridgehead atoms. The SMILES string of the molecule is CCCCCCCCCCC(CCCC)S(=O)(=O)Oc1ccccc1C. The maximum atomic E-state index is 12.8. The molecule has 26 heavy (non-hydrogen) atoms. The second-order valence-corrected chi connectivity index (χ2v) is 9.19. The Bertz CT molecular complexity index is 581. The largest absolute Gasteiger partial charge is 0.382 e. The zero-order chi connectivity index (χ0) is 19.3. The van der Waals surface area contributed by atoms with Crippen molar-refractivity contribution in [2.24, 2.45) is 0 Å². The van der Waals surface area contributed by atoms with Crippen LogP contribution in [-0.4, -0.2) is 13.7 Å². The molecule has 1 atom stereocenters. The molecule has 0 aliphatic rings. The fourth-order valence-corrected chi connectivity index (χ4v) is 4.70. The molecule has 1 unspecified atom stereocenters. The summed E-state index contributed by atoms with van der Waals surface area (Å²) >= 11 is 0.